The van der Waals surface area contributed by atoms with E-state index in [0.717, 1.165) is 31.9 Å². The number of fused-ring (bicyclic) bond motifs is 1. The Morgan fingerprint density at radius 3 is 2.72 bits per heavy atom. The fraction of sp³-hybridized carbons (Fsp3) is 0.524. The molecule has 4 nitrogen and oxygen atoms in total. The van der Waals surface area contributed by atoms with Crippen LogP contribution in [0.15, 0.2) is 24.3 Å². The van der Waals surface area contributed by atoms with Crippen molar-refractivity contribution < 1.29 is 0 Å². The van der Waals surface area contributed by atoms with Gasteiger partial charge in [-0.05, 0) is 63.7 Å². The normalized spacial score (nSPS) is 22.4. The van der Waals surface area contributed by atoms with E-state index in [4.69, 9.17) is 9.97 Å². The largest absolute Gasteiger partial charge is 0.338 e. The van der Waals surface area contributed by atoms with E-state index in [1.54, 1.807) is 0 Å². The minimum Gasteiger partial charge on any atom is -0.338 e. The number of rotatable bonds is 4. The predicted molar refractivity (Wildman–Crippen MR) is 101 cm³/mol. The van der Waals surface area contributed by atoms with Gasteiger partial charge in [0.05, 0.1) is 5.69 Å². The van der Waals surface area contributed by atoms with Crippen LogP contribution < -0.4 is 4.90 Å². The zero-order valence-corrected chi connectivity index (χ0v) is 15.0. The number of anilines is 1. The van der Waals surface area contributed by atoms with Gasteiger partial charge in [0.1, 0.15) is 0 Å². The lowest BCUT2D eigenvalue weighted by Gasteiger charge is -2.39. The van der Waals surface area contributed by atoms with Crippen LogP contribution in [0.3, 0.4) is 0 Å². The van der Waals surface area contributed by atoms with Gasteiger partial charge < -0.3 is 4.90 Å². The summed E-state index contributed by atoms with van der Waals surface area (Å²) in [5, 5.41) is 0. The smallest absolute Gasteiger partial charge is 0.226 e. The first-order chi connectivity index (χ1) is 12.3. The Kier molecular flexibility index (Phi) is 3.74. The Morgan fingerprint density at radius 1 is 1.08 bits per heavy atom. The lowest BCUT2D eigenvalue weighted by molar-refractivity contribution is 0.172. The number of hydrogen-bond donors (Lipinski definition) is 0. The van der Waals surface area contributed by atoms with Gasteiger partial charge in [0.25, 0.3) is 0 Å². The molecule has 25 heavy (non-hydrogen) atoms. The molecule has 2 aromatic rings. The molecule has 0 saturated carbocycles. The topological polar surface area (TPSA) is 32.3 Å². The highest BCUT2D eigenvalue weighted by molar-refractivity contribution is 5.67. The van der Waals surface area contributed by atoms with Crippen LogP contribution in [0.25, 0.3) is 11.3 Å². The van der Waals surface area contributed by atoms with Gasteiger partial charge in [-0.15, -0.1) is 0 Å². The Labute approximate surface area is 149 Å². The molecule has 1 aromatic carbocycles. The molecule has 2 saturated heterocycles. The monoisotopic (exact) mass is 334 g/mol. The minimum atomic E-state index is 0.574. The van der Waals surface area contributed by atoms with Gasteiger partial charge in [-0.25, -0.2) is 9.97 Å². The average Bonchev–Trinajstić information content (AvgIpc) is 3.05. The fourth-order valence-corrected chi connectivity index (χ4v) is 4.22. The molecule has 0 N–H and O–H groups in total. The van der Waals surface area contributed by atoms with Crippen molar-refractivity contribution in [1.29, 1.82) is 0 Å². The van der Waals surface area contributed by atoms with Crippen molar-refractivity contribution in [1.82, 2.24) is 14.9 Å². The fourth-order valence-electron chi connectivity index (χ4n) is 4.22. The number of aromatic nitrogens is 2. The zero-order chi connectivity index (χ0) is 16.8. The quantitative estimate of drug-likeness (QED) is 0.857. The number of nitrogens with zero attached hydrogens (tertiary/aromatic N) is 4. The standard InChI is InChI=1S/C21H26N4/c1-15-9-12-25(15)21-22-19-8-3-7-18(19)20(23-21)17-6-2-5-16(13-17)14-24-10-4-11-24/h2,5-6,13,15H,3-4,7-12,14H2,1H3/t15-/m0/s1. The molecule has 1 aliphatic carbocycles. The molecule has 3 aliphatic rings. The van der Waals surface area contributed by atoms with Crippen molar-refractivity contribution in [3.8, 4) is 11.3 Å². The average molecular weight is 334 g/mol. The van der Waals surface area contributed by atoms with Crippen molar-refractivity contribution in [2.45, 2.75) is 51.6 Å². The van der Waals surface area contributed by atoms with Gasteiger partial charge in [-0.1, -0.05) is 18.2 Å². The van der Waals surface area contributed by atoms with Gasteiger partial charge in [0, 0.05) is 36.0 Å². The molecule has 3 heterocycles. The molecule has 130 valence electrons. The first-order valence-electron chi connectivity index (χ1n) is 9.76. The second kappa shape index (κ2) is 6.10. The maximum absolute atomic E-state index is 5.04. The van der Waals surface area contributed by atoms with Crippen LogP contribution in [-0.2, 0) is 19.4 Å². The molecular weight excluding hydrogens is 308 g/mol. The van der Waals surface area contributed by atoms with E-state index in [0.29, 0.717) is 6.04 Å². The van der Waals surface area contributed by atoms with Crippen LogP contribution in [0.5, 0.6) is 0 Å². The molecule has 4 heteroatoms. The Morgan fingerprint density at radius 2 is 2.00 bits per heavy atom. The minimum absolute atomic E-state index is 0.574. The van der Waals surface area contributed by atoms with Gasteiger partial charge in [-0.2, -0.15) is 0 Å². The van der Waals surface area contributed by atoms with Crippen molar-refractivity contribution in [3.05, 3.63) is 41.1 Å². The van der Waals surface area contributed by atoms with Gasteiger partial charge in [0.2, 0.25) is 5.95 Å². The summed E-state index contributed by atoms with van der Waals surface area (Å²) >= 11 is 0. The molecular formula is C21H26N4. The van der Waals surface area contributed by atoms with E-state index in [1.165, 1.54) is 60.4 Å². The second-order valence-electron chi connectivity index (χ2n) is 7.81. The molecule has 1 atom stereocenters. The Bertz CT molecular complexity index is 796. The molecule has 0 bridgehead atoms. The maximum atomic E-state index is 5.04. The van der Waals surface area contributed by atoms with Crippen LogP contribution in [0.1, 0.15) is 43.0 Å². The van der Waals surface area contributed by atoms with Crippen molar-refractivity contribution >= 4 is 5.95 Å². The second-order valence-corrected chi connectivity index (χ2v) is 7.81. The number of benzene rings is 1. The van der Waals surface area contributed by atoms with Crippen LogP contribution in [0.4, 0.5) is 5.95 Å². The molecule has 0 spiro atoms. The molecule has 0 amide bonds. The predicted octanol–water partition coefficient (Wildman–Crippen LogP) is 3.44. The molecule has 2 fully saturated rings. The van der Waals surface area contributed by atoms with Crippen LogP contribution in [-0.4, -0.2) is 40.5 Å². The number of aryl methyl sites for hydroxylation is 1. The third-order valence-electron chi connectivity index (χ3n) is 6.05. The summed E-state index contributed by atoms with van der Waals surface area (Å²) < 4.78 is 0. The van der Waals surface area contributed by atoms with E-state index in [-0.39, 0.29) is 0 Å². The lowest BCUT2D eigenvalue weighted by Crippen LogP contribution is -2.46. The first kappa shape index (κ1) is 15.3. The first-order valence-corrected chi connectivity index (χ1v) is 9.76. The molecule has 0 unspecified atom stereocenters. The maximum Gasteiger partial charge on any atom is 0.226 e. The van der Waals surface area contributed by atoms with Crippen molar-refractivity contribution in [2.24, 2.45) is 0 Å². The summed E-state index contributed by atoms with van der Waals surface area (Å²) in [7, 11) is 0. The van der Waals surface area contributed by atoms with Gasteiger partial charge >= 0.3 is 0 Å². The van der Waals surface area contributed by atoms with Crippen molar-refractivity contribution in [2.75, 3.05) is 24.5 Å². The van der Waals surface area contributed by atoms with Crippen LogP contribution in [0, 0.1) is 0 Å². The summed E-state index contributed by atoms with van der Waals surface area (Å²) in [6, 6.07) is 9.60. The van der Waals surface area contributed by atoms with Crippen LogP contribution in [0.2, 0.25) is 0 Å². The Balaban J connectivity index is 1.53. The summed E-state index contributed by atoms with van der Waals surface area (Å²) in [6.45, 7) is 6.91. The summed E-state index contributed by atoms with van der Waals surface area (Å²) in [5.41, 5.74) is 6.53. The SMILES string of the molecule is C[C@H]1CCN1c1nc2c(c(-c3cccc(CN4CCC4)c3)n1)CCC2. The Hall–Kier alpha value is -1.94. The van der Waals surface area contributed by atoms with Crippen LogP contribution >= 0.6 is 0 Å². The van der Waals surface area contributed by atoms with E-state index in [2.05, 4.69) is 41.0 Å². The van der Waals surface area contributed by atoms with E-state index in [1.807, 2.05) is 0 Å². The van der Waals surface area contributed by atoms with Gasteiger partial charge in [0.15, 0.2) is 0 Å². The molecule has 1 aromatic heterocycles. The number of likely N-dealkylation sites (tertiary alicyclic amines) is 1. The third-order valence-corrected chi connectivity index (χ3v) is 6.05. The summed E-state index contributed by atoms with van der Waals surface area (Å²) in [6.07, 6.45) is 6.03. The zero-order valence-electron chi connectivity index (χ0n) is 15.0. The molecule has 2 aliphatic heterocycles. The highest BCUT2D eigenvalue weighted by Gasteiger charge is 2.29. The third kappa shape index (κ3) is 2.73. The molecule has 0 radical (unpaired) electrons. The van der Waals surface area contributed by atoms with E-state index >= 15 is 0 Å². The molecule has 5 rings (SSSR count). The summed E-state index contributed by atoms with van der Waals surface area (Å²) in [4.78, 5) is 14.8. The van der Waals surface area contributed by atoms with Gasteiger partial charge in [-0.3, -0.25) is 4.90 Å². The number of hydrogen-bond acceptors (Lipinski definition) is 4. The van der Waals surface area contributed by atoms with Crippen molar-refractivity contribution in [3.63, 3.8) is 0 Å². The highest BCUT2D eigenvalue weighted by Crippen LogP contribution is 2.34. The summed E-state index contributed by atoms with van der Waals surface area (Å²) in [5.74, 6) is 0.947. The van der Waals surface area contributed by atoms with E-state index < -0.39 is 0 Å². The van der Waals surface area contributed by atoms with E-state index in [9.17, 15) is 0 Å². The lowest BCUT2D eigenvalue weighted by atomic mass is 10.0. The highest BCUT2D eigenvalue weighted by atomic mass is 15.3.